The standard InChI is InChI=1S/C19H17ClF2N4O3S/c1-30(28,29)26-7-5-25(6-8-26)19-11-9-12(20)15(17(22)18(11)23-10-24-19)16-13(21)3-2-4-14(16)27/h2-4,9-10,27H,5-8H2,1H3. The van der Waals surface area contributed by atoms with Crippen molar-refractivity contribution >= 4 is 38.3 Å². The second-order valence-corrected chi connectivity index (χ2v) is 9.31. The van der Waals surface area contributed by atoms with Gasteiger partial charge in [-0.3, -0.25) is 0 Å². The molecule has 3 aromatic rings. The highest BCUT2D eigenvalue weighted by molar-refractivity contribution is 7.88. The van der Waals surface area contributed by atoms with E-state index in [0.29, 0.717) is 24.3 Å². The smallest absolute Gasteiger partial charge is 0.211 e. The first-order valence-electron chi connectivity index (χ1n) is 8.99. The lowest BCUT2D eigenvalue weighted by Gasteiger charge is -2.34. The third kappa shape index (κ3) is 3.55. The van der Waals surface area contributed by atoms with Crippen molar-refractivity contribution in [3.8, 4) is 16.9 Å². The Bertz CT molecular complexity index is 1230. The third-order valence-electron chi connectivity index (χ3n) is 5.05. The zero-order chi connectivity index (χ0) is 21.6. The van der Waals surface area contributed by atoms with Gasteiger partial charge in [-0.1, -0.05) is 17.7 Å². The van der Waals surface area contributed by atoms with Crippen LogP contribution in [0.5, 0.6) is 5.75 Å². The average Bonchev–Trinajstić information content (AvgIpc) is 2.69. The third-order valence-corrected chi connectivity index (χ3v) is 6.65. The van der Waals surface area contributed by atoms with E-state index in [1.54, 1.807) is 0 Å². The van der Waals surface area contributed by atoms with Crippen LogP contribution >= 0.6 is 11.6 Å². The van der Waals surface area contributed by atoms with E-state index < -0.39 is 27.4 Å². The molecule has 0 aliphatic carbocycles. The maximum atomic E-state index is 15.4. The van der Waals surface area contributed by atoms with Crippen LogP contribution in [-0.2, 0) is 10.0 Å². The molecule has 1 N–H and O–H groups in total. The predicted octanol–water partition coefficient (Wildman–Crippen LogP) is 3.02. The molecule has 7 nitrogen and oxygen atoms in total. The highest BCUT2D eigenvalue weighted by Gasteiger charge is 2.27. The Hall–Kier alpha value is -2.56. The normalized spacial score (nSPS) is 15.7. The van der Waals surface area contributed by atoms with Crippen molar-refractivity contribution in [2.45, 2.75) is 0 Å². The first kappa shape index (κ1) is 20.7. The number of sulfonamides is 1. The highest BCUT2D eigenvalue weighted by Crippen LogP contribution is 2.42. The van der Waals surface area contributed by atoms with Gasteiger partial charge in [-0.25, -0.2) is 27.2 Å². The second kappa shape index (κ2) is 7.60. The Morgan fingerprint density at radius 2 is 1.80 bits per heavy atom. The lowest BCUT2D eigenvalue weighted by molar-refractivity contribution is 0.387. The zero-order valence-corrected chi connectivity index (χ0v) is 17.4. The minimum absolute atomic E-state index is 0.0763. The molecule has 11 heteroatoms. The summed E-state index contributed by atoms with van der Waals surface area (Å²) in [6.45, 7) is 1.24. The minimum Gasteiger partial charge on any atom is -0.507 e. The van der Waals surface area contributed by atoms with Crippen LogP contribution in [0.25, 0.3) is 22.0 Å². The molecule has 0 spiro atoms. The molecule has 2 aromatic carbocycles. The summed E-state index contributed by atoms with van der Waals surface area (Å²) in [4.78, 5) is 10.1. The Morgan fingerprint density at radius 1 is 1.10 bits per heavy atom. The SMILES string of the molecule is CS(=O)(=O)N1CCN(c2ncnc3c(F)c(-c4c(O)cccc4F)c(Cl)cc23)CC1. The van der Waals surface area contributed by atoms with Crippen LogP contribution in [0.4, 0.5) is 14.6 Å². The number of aromatic nitrogens is 2. The fraction of sp³-hybridized carbons (Fsp3) is 0.263. The van der Waals surface area contributed by atoms with Crippen molar-refractivity contribution in [1.82, 2.24) is 14.3 Å². The van der Waals surface area contributed by atoms with E-state index in [2.05, 4.69) is 9.97 Å². The number of benzene rings is 2. The first-order chi connectivity index (χ1) is 14.2. The van der Waals surface area contributed by atoms with Crippen molar-refractivity contribution in [2.75, 3.05) is 37.3 Å². The summed E-state index contributed by atoms with van der Waals surface area (Å²) in [5, 5.41) is 10.3. The number of hydrogen-bond donors (Lipinski definition) is 1. The van der Waals surface area contributed by atoms with Gasteiger partial charge in [0.1, 0.15) is 29.2 Å². The summed E-state index contributed by atoms with van der Waals surface area (Å²) < 4.78 is 54.5. The van der Waals surface area contributed by atoms with Gasteiger partial charge < -0.3 is 10.0 Å². The topological polar surface area (TPSA) is 86.6 Å². The van der Waals surface area contributed by atoms with E-state index >= 15 is 4.39 Å². The number of piperazine rings is 1. The molecule has 0 radical (unpaired) electrons. The summed E-state index contributed by atoms with van der Waals surface area (Å²) in [5.41, 5.74) is -0.706. The molecule has 0 amide bonds. The average molecular weight is 455 g/mol. The minimum atomic E-state index is -3.30. The number of rotatable bonds is 3. The monoisotopic (exact) mass is 454 g/mol. The molecule has 158 valence electrons. The van der Waals surface area contributed by atoms with Crippen LogP contribution in [0.1, 0.15) is 0 Å². The second-order valence-electron chi connectivity index (χ2n) is 6.92. The Morgan fingerprint density at radius 3 is 2.43 bits per heavy atom. The molecule has 1 aliphatic heterocycles. The summed E-state index contributed by atoms with van der Waals surface area (Å²) in [5.74, 6) is -1.74. The number of anilines is 1. The highest BCUT2D eigenvalue weighted by atomic mass is 35.5. The Labute approximate surface area is 176 Å². The number of phenolic OH excluding ortho intramolecular Hbond substituents is 1. The number of aromatic hydroxyl groups is 1. The molecule has 0 atom stereocenters. The zero-order valence-electron chi connectivity index (χ0n) is 15.8. The molecule has 0 saturated carbocycles. The van der Waals surface area contributed by atoms with Crippen molar-refractivity contribution in [3.05, 3.63) is 47.2 Å². The summed E-state index contributed by atoms with van der Waals surface area (Å²) in [6.07, 6.45) is 2.33. The van der Waals surface area contributed by atoms with E-state index in [9.17, 15) is 17.9 Å². The van der Waals surface area contributed by atoms with Crippen LogP contribution in [0.3, 0.4) is 0 Å². The molecule has 30 heavy (non-hydrogen) atoms. The van der Waals surface area contributed by atoms with E-state index in [1.807, 2.05) is 4.90 Å². The van der Waals surface area contributed by atoms with Crippen LogP contribution in [0, 0.1) is 11.6 Å². The molecule has 2 heterocycles. The van der Waals surface area contributed by atoms with Gasteiger partial charge in [0.25, 0.3) is 0 Å². The van der Waals surface area contributed by atoms with Crippen molar-refractivity contribution in [3.63, 3.8) is 0 Å². The van der Waals surface area contributed by atoms with Crippen LogP contribution in [0.15, 0.2) is 30.6 Å². The maximum absolute atomic E-state index is 15.4. The molecule has 0 bridgehead atoms. The largest absolute Gasteiger partial charge is 0.507 e. The van der Waals surface area contributed by atoms with Gasteiger partial charge >= 0.3 is 0 Å². The maximum Gasteiger partial charge on any atom is 0.211 e. The predicted molar refractivity (Wildman–Crippen MR) is 110 cm³/mol. The van der Waals surface area contributed by atoms with Gasteiger partial charge in [-0.2, -0.15) is 4.31 Å². The number of phenols is 1. The lowest BCUT2D eigenvalue weighted by Crippen LogP contribution is -2.48. The first-order valence-corrected chi connectivity index (χ1v) is 11.2. The van der Waals surface area contributed by atoms with Crippen LogP contribution in [0.2, 0.25) is 5.02 Å². The van der Waals surface area contributed by atoms with E-state index in [1.165, 1.54) is 28.8 Å². The molecular formula is C19H17ClF2N4O3S. The number of fused-ring (bicyclic) bond motifs is 1. The van der Waals surface area contributed by atoms with Crippen molar-refractivity contribution < 1.29 is 22.3 Å². The number of nitrogens with zero attached hydrogens (tertiary/aromatic N) is 4. The molecule has 1 fully saturated rings. The summed E-state index contributed by atoms with van der Waals surface area (Å²) in [7, 11) is -3.30. The summed E-state index contributed by atoms with van der Waals surface area (Å²) >= 11 is 6.30. The summed E-state index contributed by atoms with van der Waals surface area (Å²) in [6, 6.07) is 5.07. The molecule has 0 unspecified atom stereocenters. The molecule has 1 aliphatic rings. The van der Waals surface area contributed by atoms with E-state index in [4.69, 9.17) is 11.6 Å². The van der Waals surface area contributed by atoms with Gasteiger partial charge in [-0.15, -0.1) is 0 Å². The Kier molecular flexibility index (Phi) is 5.25. The Balaban J connectivity index is 1.81. The van der Waals surface area contributed by atoms with E-state index in [-0.39, 0.29) is 34.8 Å². The van der Waals surface area contributed by atoms with Crippen LogP contribution < -0.4 is 4.90 Å². The van der Waals surface area contributed by atoms with Gasteiger partial charge in [0.15, 0.2) is 5.82 Å². The van der Waals surface area contributed by atoms with Gasteiger partial charge in [0, 0.05) is 37.1 Å². The fourth-order valence-corrected chi connectivity index (χ4v) is 4.70. The molecule has 1 saturated heterocycles. The fourth-order valence-electron chi connectivity index (χ4n) is 3.59. The molecule has 1 aromatic heterocycles. The van der Waals surface area contributed by atoms with Crippen molar-refractivity contribution in [2.24, 2.45) is 0 Å². The number of hydrogen-bond acceptors (Lipinski definition) is 6. The van der Waals surface area contributed by atoms with Crippen molar-refractivity contribution in [1.29, 1.82) is 0 Å². The molecule has 4 rings (SSSR count). The number of halogens is 3. The van der Waals surface area contributed by atoms with Gasteiger partial charge in [-0.05, 0) is 18.2 Å². The molecular weight excluding hydrogens is 438 g/mol. The van der Waals surface area contributed by atoms with Crippen LogP contribution in [-0.4, -0.2) is 60.2 Å². The lowest BCUT2D eigenvalue weighted by atomic mass is 10.0. The van der Waals surface area contributed by atoms with Gasteiger partial charge in [0.2, 0.25) is 10.0 Å². The van der Waals surface area contributed by atoms with Gasteiger partial charge in [0.05, 0.1) is 16.8 Å². The quantitative estimate of drug-likeness (QED) is 0.654. The van der Waals surface area contributed by atoms with E-state index in [0.717, 1.165) is 12.3 Å².